The molecule has 0 unspecified atom stereocenters. The molecule has 13 heavy (non-hydrogen) atoms. The quantitative estimate of drug-likeness (QED) is 0.373. The molecule has 0 aliphatic rings. The van der Waals surface area contributed by atoms with Crippen LogP contribution in [0.5, 0.6) is 0 Å². The molecule has 0 saturated carbocycles. The van der Waals surface area contributed by atoms with E-state index in [1.54, 1.807) is 18.2 Å². The first kappa shape index (κ1) is 12.5. The summed E-state index contributed by atoms with van der Waals surface area (Å²) in [6, 6.07) is 5.24. The molecule has 1 aromatic rings. The molecule has 0 saturated heterocycles. The highest BCUT2D eigenvalue weighted by Gasteiger charge is 2.20. The maximum Gasteiger partial charge on any atom is 0.673 e. The van der Waals surface area contributed by atoms with Crippen LogP contribution in [-0.4, -0.2) is 7.25 Å². The van der Waals surface area contributed by atoms with E-state index in [1.165, 1.54) is 0 Å². The summed E-state index contributed by atoms with van der Waals surface area (Å²) in [6.45, 7) is 0. The lowest BCUT2D eigenvalue weighted by Gasteiger charge is -1.94. The van der Waals surface area contributed by atoms with E-state index in [0.29, 0.717) is 10.3 Å². The molecule has 0 atom stereocenters. The maximum absolute atomic E-state index is 9.75. The van der Waals surface area contributed by atoms with Crippen LogP contribution in [0.3, 0.4) is 0 Å². The highest BCUT2D eigenvalue weighted by molar-refractivity contribution is 6.50. The van der Waals surface area contributed by atoms with Gasteiger partial charge in [-0.15, -0.1) is 0 Å². The summed E-state index contributed by atoms with van der Waals surface area (Å²) in [7, 11) is -6.00. The first-order valence-electron chi connectivity index (χ1n) is 2.99. The summed E-state index contributed by atoms with van der Waals surface area (Å²) in [4.78, 5) is 2.70. The molecule has 74 valence electrons. The molecule has 8 heteroatoms. The molecule has 1 rings (SSSR count). The van der Waals surface area contributed by atoms with Gasteiger partial charge in [0, 0.05) is 12.1 Å². The van der Waals surface area contributed by atoms with Crippen LogP contribution in [0, 0.1) is 0 Å². The van der Waals surface area contributed by atoms with E-state index in [1.807, 2.05) is 0 Å². The summed E-state index contributed by atoms with van der Waals surface area (Å²) in [5.41, 5.74) is 0. The second-order valence-corrected chi connectivity index (χ2v) is 2.66. The lowest BCUT2D eigenvalue weighted by molar-refractivity contribution is -0.372. The molecule has 0 aliphatic heterocycles. The van der Waals surface area contributed by atoms with Crippen molar-refractivity contribution in [2.24, 2.45) is 0 Å². The predicted octanol–water partition coefficient (Wildman–Crippen LogP) is 3.11. The average Bonchev–Trinajstić information content (AvgIpc) is 1.81. The third-order valence-corrected chi connectivity index (χ3v) is 1.16. The number of pyridine rings is 1. The van der Waals surface area contributed by atoms with Crippen LogP contribution in [0.4, 0.5) is 17.3 Å². The van der Waals surface area contributed by atoms with Gasteiger partial charge in [0.1, 0.15) is 0 Å². The number of nitrogens with one attached hydrogen (secondary N) is 1. The highest BCUT2D eigenvalue weighted by atomic mass is 35.5. The zero-order chi connectivity index (χ0) is 10.5. The van der Waals surface area contributed by atoms with Gasteiger partial charge in [0.25, 0.3) is 10.3 Å². The first-order chi connectivity index (χ1) is 5.79. The smallest absolute Gasteiger partial charge is 0.418 e. The summed E-state index contributed by atoms with van der Waals surface area (Å²) in [6.07, 6.45) is 0. The number of aromatic amines is 1. The van der Waals surface area contributed by atoms with E-state index in [9.17, 15) is 17.3 Å². The Morgan fingerprint density at radius 2 is 1.31 bits per heavy atom. The zero-order valence-corrected chi connectivity index (χ0v) is 7.59. The van der Waals surface area contributed by atoms with Crippen molar-refractivity contribution in [3.8, 4) is 0 Å². The first-order valence-corrected chi connectivity index (χ1v) is 3.75. The SMILES string of the molecule is Clc1cccc(Cl)[nH+]1.F[B-](F)(F)F. The normalized spacial score (nSPS) is 10.3. The second kappa shape index (κ2) is 5.29. The molecule has 1 aromatic heterocycles. The predicted molar refractivity (Wildman–Crippen MR) is 43.2 cm³/mol. The minimum atomic E-state index is -6.00. The van der Waals surface area contributed by atoms with Crippen molar-refractivity contribution < 1.29 is 22.2 Å². The second-order valence-electron chi connectivity index (χ2n) is 1.84. The molecule has 0 radical (unpaired) electrons. The molecular formula is C5H4BCl2F4N. The van der Waals surface area contributed by atoms with Crippen molar-refractivity contribution in [1.29, 1.82) is 0 Å². The van der Waals surface area contributed by atoms with E-state index in [0.717, 1.165) is 0 Å². The van der Waals surface area contributed by atoms with Gasteiger partial charge in [-0.25, -0.2) is 0 Å². The van der Waals surface area contributed by atoms with E-state index in [2.05, 4.69) is 4.98 Å². The summed E-state index contributed by atoms with van der Waals surface area (Å²) >= 11 is 11.0. The van der Waals surface area contributed by atoms with Crippen molar-refractivity contribution >= 4 is 30.5 Å². The Hall–Kier alpha value is -0.485. The van der Waals surface area contributed by atoms with Gasteiger partial charge in [0.15, 0.2) is 0 Å². The van der Waals surface area contributed by atoms with E-state index < -0.39 is 7.25 Å². The molecule has 0 aliphatic carbocycles. The Labute approximate surface area is 81.8 Å². The molecule has 0 fully saturated rings. The summed E-state index contributed by atoms with van der Waals surface area (Å²) in [5.74, 6) is 0. The fourth-order valence-electron chi connectivity index (χ4n) is 0.414. The third-order valence-electron chi connectivity index (χ3n) is 0.724. The minimum absolute atomic E-state index is 0.553. The van der Waals surface area contributed by atoms with Crippen molar-refractivity contribution in [2.45, 2.75) is 0 Å². The van der Waals surface area contributed by atoms with Crippen LogP contribution in [0.15, 0.2) is 18.2 Å². The van der Waals surface area contributed by atoms with E-state index in [4.69, 9.17) is 23.2 Å². The number of halogens is 6. The Morgan fingerprint density at radius 3 is 1.46 bits per heavy atom. The third kappa shape index (κ3) is 11.5. The van der Waals surface area contributed by atoms with Gasteiger partial charge in [-0.3, -0.25) is 0 Å². The minimum Gasteiger partial charge on any atom is -0.418 e. The van der Waals surface area contributed by atoms with Gasteiger partial charge in [-0.1, -0.05) is 0 Å². The number of hydrogen-bond acceptors (Lipinski definition) is 0. The van der Waals surface area contributed by atoms with Crippen LogP contribution in [0.1, 0.15) is 0 Å². The monoisotopic (exact) mass is 235 g/mol. The number of rotatable bonds is 0. The Kier molecular flexibility index (Phi) is 5.09. The van der Waals surface area contributed by atoms with Gasteiger partial charge in [0.2, 0.25) is 0 Å². The molecular weight excluding hydrogens is 232 g/mol. The summed E-state index contributed by atoms with van der Waals surface area (Å²) < 4.78 is 39.0. The van der Waals surface area contributed by atoms with Crippen LogP contribution in [0.2, 0.25) is 10.3 Å². The van der Waals surface area contributed by atoms with Crippen LogP contribution >= 0.6 is 23.2 Å². The average molecular weight is 236 g/mol. The standard InChI is InChI=1S/C5H3Cl2N.BF4/c6-4-2-1-3-5(7)8-4;2-1(3,4)5/h1-3H;/q;-1/p+1. The van der Waals surface area contributed by atoms with E-state index >= 15 is 0 Å². The van der Waals surface area contributed by atoms with Gasteiger partial charge in [0.05, 0.1) is 0 Å². The van der Waals surface area contributed by atoms with Crippen molar-refractivity contribution in [1.82, 2.24) is 0 Å². The topological polar surface area (TPSA) is 14.1 Å². The molecule has 1 N–H and O–H groups in total. The fourth-order valence-corrected chi connectivity index (χ4v) is 0.812. The Bertz CT molecular complexity index is 244. The van der Waals surface area contributed by atoms with Gasteiger partial charge < -0.3 is 17.3 Å². The molecule has 0 bridgehead atoms. The summed E-state index contributed by atoms with van der Waals surface area (Å²) in [5, 5.41) is 1.11. The molecule has 1 nitrogen and oxygen atoms in total. The molecule has 0 spiro atoms. The lowest BCUT2D eigenvalue weighted by atomic mass is 10.3. The van der Waals surface area contributed by atoms with Gasteiger partial charge in [-0.2, -0.15) is 4.98 Å². The largest absolute Gasteiger partial charge is 0.673 e. The molecule has 0 aromatic carbocycles. The number of hydrogen-bond donors (Lipinski definition) is 0. The fraction of sp³-hybridized carbons (Fsp3) is 0. The van der Waals surface area contributed by atoms with Gasteiger partial charge in [-0.05, 0) is 29.3 Å². The maximum atomic E-state index is 9.75. The lowest BCUT2D eigenvalue weighted by Crippen LogP contribution is -2.02. The Morgan fingerprint density at radius 1 is 1.00 bits per heavy atom. The van der Waals surface area contributed by atoms with Crippen LogP contribution < -0.4 is 4.98 Å². The number of H-pyrrole nitrogens is 1. The number of aromatic nitrogens is 1. The van der Waals surface area contributed by atoms with Crippen molar-refractivity contribution in [2.75, 3.05) is 0 Å². The highest BCUT2D eigenvalue weighted by Crippen LogP contribution is 2.06. The van der Waals surface area contributed by atoms with Crippen LogP contribution in [0.25, 0.3) is 0 Å². The van der Waals surface area contributed by atoms with Crippen LogP contribution in [-0.2, 0) is 0 Å². The van der Waals surface area contributed by atoms with E-state index in [-0.39, 0.29) is 0 Å². The zero-order valence-electron chi connectivity index (χ0n) is 6.08. The van der Waals surface area contributed by atoms with Gasteiger partial charge >= 0.3 is 7.25 Å². The molecule has 0 amide bonds. The Balaban J connectivity index is 0.000000252. The van der Waals surface area contributed by atoms with Crippen molar-refractivity contribution in [3.05, 3.63) is 28.5 Å². The van der Waals surface area contributed by atoms with Crippen molar-refractivity contribution in [3.63, 3.8) is 0 Å². The molecule has 1 heterocycles.